The molecular weight excluding hydrogens is 372 g/mol. The average molecular weight is 388 g/mol. The second-order valence-corrected chi connectivity index (χ2v) is 6.13. The number of nitrogens with zero attached hydrogens (tertiary/aromatic N) is 2. The van der Waals surface area contributed by atoms with Gasteiger partial charge in [0.15, 0.2) is 0 Å². The van der Waals surface area contributed by atoms with Gasteiger partial charge in [-0.05, 0) is 53.0 Å². The van der Waals surface area contributed by atoms with Crippen molar-refractivity contribution in [3.63, 3.8) is 0 Å². The van der Waals surface area contributed by atoms with Crippen LogP contribution in [0.3, 0.4) is 0 Å². The van der Waals surface area contributed by atoms with Gasteiger partial charge in [0.05, 0.1) is 22.4 Å². The summed E-state index contributed by atoms with van der Waals surface area (Å²) in [7, 11) is 0. The Kier molecular flexibility index (Phi) is 4.78. The molecule has 0 aliphatic rings. The highest BCUT2D eigenvalue weighted by Gasteiger charge is 2.20. The van der Waals surface area contributed by atoms with Gasteiger partial charge in [-0.1, -0.05) is 22.0 Å². The lowest BCUT2D eigenvalue weighted by atomic mass is 10.0. The summed E-state index contributed by atoms with van der Waals surface area (Å²) in [5.74, 6) is 5.76. The number of halogens is 2. The third-order valence-corrected chi connectivity index (χ3v) is 4.04. The first-order valence-corrected chi connectivity index (χ1v) is 7.59. The molecule has 1 aromatic carbocycles. The van der Waals surface area contributed by atoms with Crippen LogP contribution < -0.4 is 11.3 Å². The van der Waals surface area contributed by atoms with Crippen molar-refractivity contribution in [2.24, 2.45) is 5.84 Å². The monoisotopic (exact) mass is 386 g/mol. The molecule has 2 rings (SSSR count). The van der Waals surface area contributed by atoms with Crippen molar-refractivity contribution in [2.75, 3.05) is 0 Å². The number of nitrogens with one attached hydrogen (secondary N) is 1. The highest BCUT2D eigenvalue weighted by Crippen LogP contribution is 2.30. The fourth-order valence-corrected chi connectivity index (χ4v) is 3.33. The number of aryl methyl sites for hydroxylation is 2. The maximum absolute atomic E-state index is 5.76. The van der Waals surface area contributed by atoms with Gasteiger partial charge in [0, 0.05) is 11.0 Å². The number of nitrogens with two attached hydrogens (primary N) is 1. The highest BCUT2D eigenvalue weighted by molar-refractivity contribution is 9.10. The smallest absolute Gasteiger partial charge is 0.0890 e. The largest absolute Gasteiger partial charge is 0.271 e. The van der Waals surface area contributed by atoms with Crippen LogP contribution in [0.5, 0.6) is 0 Å². The zero-order valence-corrected chi connectivity index (χ0v) is 14.0. The Bertz CT molecular complexity index is 560. The van der Waals surface area contributed by atoms with Crippen molar-refractivity contribution >= 4 is 31.9 Å². The Morgan fingerprint density at radius 1 is 1.37 bits per heavy atom. The summed E-state index contributed by atoms with van der Waals surface area (Å²) in [4.78, 5) is 0. The molecule has 0 aliphatic carbocycles. The molecule has 1 heterocycles. The Balaban J connectivity index is 2.52. The van der Waals surface area contributed by atoms with E-state index in [1.807, 2.05) is 4.68 Å². The van der Waals surface area contributed by atoms with Crippen molar-refractivity contribution in [1.82, 2.24) is 15.2 Å². The van der Waals surface area contributed by atoms with Crippen LogP contribution >= 0.6 is 31.9 Å². The van der Waals surface area contributed by atoms with Crippen molar-refractivity contribution in [1.29, 1.82) is 0 Å². The van der Waals surface area contributed by atoms with Gasteiger partial charge in [-0.3, -0.25) is 10.5 Å². The normalized spacial score (nSPS) is 12.7. The van der Waals surface area contributed by atoms with E-state index in [1.165, 1.54) is 5.56 Å². The lowest BCUT2D eigenvalue weighted by Gasteiger charge is -2.19. The Morgan fingerprint density at radius 3 is 2.68 bits per heavy atom. The van der Waals surface area contributed by atoms with Gasteiger partial charge < -0.3 is 0 Å². The van der Waals surface area contributed by atoms with E-state index in [1.54, 1.807) is 6.20 Å². The van der Waals surface area contributed by atoms with Crippen LogP contribution in [0.2, 0.25) is 0 Å². The first-order valence-electron chi connectivity index (χ1n) is 6.01. The van der Waals surface area contributed by atoms with Crippen LogP contribution in [0, 0.1) is 6.92 Å². The van der Waals surface area contributed by atoms with E-state index in [-0.39, 0.29) is 6.04 Å². The Labute approximate surface area is 129 Å². The number of hydrogen-bond acceptors (Lipinski definition) is 3. The summed E-state index contributed by atoms with van der Waals surface area (Å²) in [6.45, 7) is 4.92. The van der Waals surface area contributed by atoms with Crippen LogP contribution in [-0.4, -0.2) is 9.78 Å². The molecule has 1 atom stereocenters. The maximum Gasteiger partial charge on any atom is 0.0890 e. The summed E-state index contributed by atoms with van der Waals surface area (Å²) >= 11 is 7.07. The van der Waals surface area contributed by atoms with Gasteiger partial charge >= 0.3 is 0 Å². The first kappa shape index (κ1) is 14.7. The molecule has 2 aromatic rings. The van der Waals surface area contributed by atoms with E-state index >= 15 is 0 Å². The molecule has 1 aromatic heterocycles. The highest BCUT2D eigenvalue weighted by atomic mass is 79.9. The Morgan fingerprint density at radius 2 is 2.11 bits per heavy atom. The fourth-order valence-electron chi connectivity index (χ4n) is 2.18. The third-order valence-electron chi connectivity index (χ3n) is 2.97. The maximum atomic E-state index is 5.76. The van der Waals surface area contributed by atoms with Crippen LogP contribution in [0.15, 0.2) is 33.3 Å². The summed E-state index contributed by atoms with van der Waals surface area (Å²) in [5.41, 5.74) is 6.19. The van der Waals surface area contributed by atoms with Crippen molar-refractivity contribution in [2.45, 2.75) is 26.4 Å². The topological polar surface area (TPSA) is 55.9 Å². The molecule has 0 radical (unpaired) electrons. The molecule has 0 saturated carbocycles. The average Bonchev–Trinajstić information content (AvgIpc) is 2.71. The summed E-state index contributed by atoms with van der Waals surface area (Å²) in [6, 6.07) is 6.16. The molecular formula is C13H16Br2N4. The number of benzene rings is 1. The van der Waals surface area contributed by atoms with Crippen LogP contribution in [0.4, 0.5) is 0 Å². The lowest BCUT2D eigenvalue weighted by Crippen LogP contribution is -2.31. The molecule has 0 aliphatic heterocycles. The second-order valence-electron chi connectivity index (χ2n) is 4.36. The predicted octanol–water partition coefficient (Wildman–Crippen LogP) is 3.29. The standard InChI is InChI=1S/C13H16Br2N4/c1-3-19-13(11(15)7-17-19)12(18-16)9-4-8(2)5-10(14)6-9/h4-7,12,18H,3,16H2,1-2H3. The molecule has 102 valence electrons. The Hall–Kier alpha value is -0.690. The van der Waals surface area contributed by atoms with Gasteiger partial charge in [-0.25, -0.2) is 5.43 Å². The second kappa shape index (κ2) is 6.17. The molecule has 0 spiro atoms. The zero-order valence-electron chi connectivity index (χ0n) is 10.8. The van der Waals surface area contributed by atoms with Crippen molar-refractivity contribution in [3.8, 4) is 0 Å². The van der Waals surface area contributed by atoms with Crippen LogP contribution in [-0.2, 0) is 6.54 Å². The van der Waals surface area contributed by atoms with Gasteiger partial charge in [0.25, 0.3) is 0 Å². The molecule has 0 saturated heterocycles. The summed E-state index contributed by atoms with van der Waals surface area (Å²) in [5, 5.41) is 4.34. The fraction of sp³-hybridized carbons (Fsp3) is 0.308. The van der Waals surface area contributed by atoms with E-state index in [2.05, 4.69) is 74.4 Å². The molecule has 0 fully saturated rings. The van der Waals surface area contributed by atoms with Crippen LogP contribution in [0.1, 0.15) is 29.8 Å². The van der Waals surface area contributed by atoms with Crippen molar-refractivity contribution < 1.29 is 0 Å². The molecule has 3 N–H and O–H groups in total. The molecule has 0 bridgehead atoms. The number of aromatic nitrogens is 2. The third kappa shape index (κ3) is 3.08. The molecule has 1 unspecified atom stereocenters. The zero-order chi connectivity index (χ0) is 14.0. The predicted molar refractivity (Wildman–Crippen MR) is 83.6 cm³/mol. The van der Waals surface area contributed by atoms with Gasteiger partial charge in [0.1, 0.15) is 0 Å². The van der Waals surface area contributed by atoms with Crippen molar-refractivity contribution in [3.05, 3.63) is 50.2 Å². The van der Waals surface area contributed by atoms with E-state index < -0.39 is 0 Å². The number of rotatable bonds is 4. The number of hydrazine groups is 1. The first-order chi connectivity index (χ1) is 9.06. The van der Waals surface area contributed by atoms with Crippen LogP contribution in [0.25, 0.3) is 0 Å². The SMILES string of the molecule is CCn1ncc(Br)c1C(NN)c1cc(C)cc(Br)c1. The van der Waals surface area contributed by atoms with E-state index in [4.69, 9.17) is 5.84 Å². The molecule has 19 heavy (non-hydrogen) atoms. The molecule has 0 amide bonds. The molecule has 4 nitrogen and oxygen atoms in total. The lowest BCUT2D eigenvalue weighted by molar-refractivity contribution is 0.541. The number of hydrogen-bond donors (Lipinski definition) is 2. The minimum Gasteiger partial charge on any atom is -0.271 e. The van der Waals surface area contributed by atoms with E-state index in [0.717, 1.165) is 26.7 Å². The quantitative estimate of drug-likeness (QED) is 0.625. The summed E-state index contributed by atoms with van der Waals surface area (Å²) in [6.07, 6.45) is 1.80. The van der Waals surface area contributed by atoms with Gasteiger partial charge in [-0.2, -0.15) is 5.10 Å². The van der Waals surface area contributed by atoms with E-state index in [0.29, 0.717) is 0 Å². The van der Waals surface area contributed by atoms with E-state index in [9.17, 15) is 0 Å². The molecule has 6 heteroatoms. The van der Waals surface area contributed by atoms with Gasteiger partial charge in [-0.15, -0.1) is 0 Å². The minimum atomic E-state index is -0.104. The minimum absolute atomic E-state index is 0.104. The van der Waals surface area contributed by atoms with Gasteiger partial charge in [0.2, 0.25) is 0 Å². The summed E-state index contributed by atoms with van der Waals surface area (Å²) < 4.78 is 3.93.